The zero-order valence-electron chi connectivity index (χ0n) is 10.7. The Balaban J connectivity index is 2.23. The Morgan fingerprint density at radius 1 is 1.41 bits per heavy atom. The number of sulfone groups is 1. The third-order valence-corrected chi connectivity index (χ3v) is 5.74. The summed E-state index contributed by atoms with van der Waals surface area (Å²) in [6.07, 6.45) is 4.62. The molecule has 0 aromatic rings. The van der Waals surface area contributed by atoms with Crippen molar-refractivity contribution in [3.63, 3.8) is 0 Å². The molecule has 1 fully saturated rings. The number of rotatable bonds is 7. The molecule has 0 amide bonds. The molecule has 1 saturated heterocycles. The second-order valence-corrected chi connectivity index (χ2v) is 8.14. The van der Waals surface area contributed by atoms with Crippen LogP contribution in [0.4, 0.5) is 0 Å². The number of nitrogens with zero attached hydrogens (tertiary/aromatic N) is 1. The van der Waals surface area contributed by atoms with Gasteiger partial charge in [0, 0.05) is 17.6 Å². The first-order chi connectivity index (χ1) is 8.07. The standard InChI is InChI=1S/C12H24BrNO2S/c1-2-17(15,16)10-4-9-14-8-3-5-12(11-14)6-7-13/h12H,2-11H2,1H3. The fourth-order valence-corrected chi connectivity index (χ4v) is 3.90. The number of halogens is 1. The Morgan fingerprint density at radius 3 is 2.82 bits per heavy atom. The van der Waals surface area contributed by atoms with Gasteiger partial charge in [0.05, 0.1) is 5.75 Å². The second kappa shape index (κ2) is 7.74. The fourth-order valence-electron chi connectivity index (χ4n) is 2.40. The molecule has 1 heterocycles. The maximum Gasteiger partial charge on any atom is 0.150 e. The molecule has 1 aliphatic rings. The van der Waals surface area contributed by atoms with Crippen molar-refractivity contribution in [3.8, 4) is 0 Å². The molecule has 0 radical (unpaired) electrons. The maximum absolute atomic E-state index is 11.4. The van der Waals surface area contributed by atoms with Crippen molar-refractivity contribution in [1.29, 1.82) is 0 Å². The van der Waals surface area contributed by atoms with E-state index in [0.29, 0.717) is 5.75 Å². The molecule has 0 spiro atoms. The van der Waals surface area contributed by atoms with Crippen LogP contribution in [0, 0.1) is 5.92 Å². The van der Waals surface area contributed by atoms with Gasteiger partial charge in [-0.1, -0.05) is 22.9 Å². The first-order valence-corrected chi connectivity index (χ1v) is 9.50. The summed E-state index contributed by atoms with van der Waals surface area (Å²) in [7, 11) is -2.78. The average molecular weight is 326 g/mol. The van der Waals surface area contributed by atoms with Gasteiger partial charge >= 0.3 is 0 Å². The highest BCUT2D eigenvalue weighted by Gasteiger charge is 2.19. The van der Waals surface area contributed by atoms with E-state index in [1.165, 1.54) is 19.3 Å². The molecule has 0 saturated carbocycles. The number of hydrogen-bond acceptors (Lipinski definition) is 3. The maximum atomic E-state index is 11.4. The van der Waals surface area contributed by atoms with Crippen LogP contribution in [0.3, 0.4) is 0 Å². The predicted octanol–water partition coefficient (Wildman–Crippen LogP) is 2.31. The van der Waals surface area contributed by atoms with E-state index in [2.05, 4.69) is 20.8 Å². The van der Waals surface area contributed by atoms with E-state index in [4.69, 9.17) is 0 Å². The zero-order valence-corrected chi connectivity index (χ0v) is 13.1. The Hall–Kier alpha value is 0.390. The third kappa shape index (κ3) is 6.20. The summed E-state index contributed by atoms with van der Waals surface area (Å²) in [6, 6.07) is 0. The molecule has 0 bridgehead atoms. The quantitative estimate of drug-likeness (QED) is 0.674. The Morgan fingerprint density at radius 2 is 2.18 bits per heavy atom. The van der Waals surface area contributed by atoms with Gasteiger partial charge in [-0.2, -0.15) is 0 Å². The van der Waals surface area contributed by atoms with E-state index in [-0.39, 0.29) is 5.75 Å². The van der Waals surface area contributed by atoms with E-state index < -0.39 is 9.84 Å². The van der Waals surface area contributed by atoms with Crippen molar-refractivity contribution in [2.24, 2.45) is 5.92 Å². The molecule has 1 aliphatic heterocycles. The summed E-state index contributed by atoms with van der Waals surface area (Å²) in [5.74, 6) is 1.42. The normalized spacial score (nSPS) is 22.8. The van der Waals surface area contributed by atoms with Crippen molar-refractivity contribution in [3.05, 3.63) is 0 Å². The molecule has 0 aromatic heterocycles. The minimum atomic E-state index is -2.78. The highest BCUT2D eigenvalue weighted by molar-refractivity contribution is 9.09. The van der Waals surface area contributed by atoms with Crippen LogP contribution in [0.2, 0.25) is 0 Å². The molecule has 0 aromatic carbocycles. The Labute approximate surface area is 114 Å². The topological polar surface area (TPSA) is 37.4 Å². The van der Waals surface area contributed by atoms with Crippen LogP contribution in [0.1, 0.15) is 32.6 Å². The SMILES string of the molecule is CCS(=O)(=O)CCCN1CCCC(CCBr)C1. The summed E-state index contributed by atoms with van der Waals surface area (Å²) in [4.78, 5) is 2.43. The monoisotopic (exact) mass is 325 g/mol. The highest BCUT2D eigenvalue weighted by Crippen LogP contribution is 2.20. The van der Waals surface area contributed by atoms with Gasteiger partial charge in [0.1, 0.15) is 9.84 Å². The third-order valence-electron chi connectivity index (χ3n) is 3.49. The first kappa shape index (κ1) is 15.4. The van der Waals surface area contributed by atoms with Gasteiger partial charge in [-0.25, -0.2) is 8.42 Å². The van der Waals surface area contributed by atoms with Crippen LogP contribution in [0.15, 0.2) is 0 Å². The van der Waals surface area contributed by atoms with Gasteiger partial charge < -0.3 is 4.90 Å². The van der Waals surface area contributed by atoms with Crippen molar-refractivity contribution in [1.82, 2.24) is 4.90 Å². The first-order valence-electron chi connectivity index (χ1n) is 6.56. The zero-order chi connectivity index (χ0) is 12.7. The summed E-state index contributed by atoms with van der Waals surface area (Å²) in [6.45, 7) is 4.96. The molecule has 5 heteroatoms. The summed E-state index contributed by atoms with van der Waals surface area (Å²) < 4.78 is 22.8. The van der Waals surface area contributed by atoms with Crippen LogP contribution >= 0.6 is 15.9 Å². The molecular formula is C12H24BrNO2S. The fraction of sp³-hybridized carbons (Fsp3) is 1.00. The van der Waals surface area contributed by atoms with Gasteiger partial charge in [-0.3, -0.25) is 0 Å². The average Bonchev–Trinajstić information content (AvgIpc) is 2.30. The van der Waals surface area contributed by atoms with Crippen molar-refractivity contribution in [2.45, 2.75) is 32.6 Å². The molecule has 102 valence electrons. The van der Waals surface area contributed by atoms with Crippen LogP contribution in [0.5, 0.6) is 0 Å². The largest absolute Gasteiger partial charge is 0.303 e. The van der Waals surface area contributed by atoms with E-state index in [1.807, 2.05) is 0 Å². The Kier molecular flexibility index (Phi) is 7.04. The highest BCUT2D eigenvalue weighted by atomic mass is 79.9. The lowest BCUT2D eigenvalue weighted by Gasteiger charge is -2.32. The van der Waals surface area contributed by atoms with Gasteiger partial charge in [-0.05, 0) is 44.7 Å². The molecule has 3 nitrogen and oxygen atoms in total. The molecule has 0 aliphatic carbocycles. The molecule has 0 N–H and O–H groups in total. The van der Waals surface area contributed by atoms with Gasteiger partial charge in [0.2, 0.25) is 0 Å². The van der Waals surface area contributed by atoms with E-state index >= 15 is 0 Å². The lowest BCUT2D eigenvalue weighted by Crippen LogP contribution is -2.36. The van der Waals surface area contributed by atoms with Crippen molar-refractivity contribution < 1.29 is 8.42 Å². The van der Waals surface area contributed by atoms with Crippen molar-refractivity contribution >= 4 is 25.8 Å². The second-order valence-electron chi connectivity index (χ2n) is 4.88. The van der Waals surface area contributed by atoms with Crippen LogP contribution in [-0.2, 0) is 9.84 Å². The van der Waals surface area contributed by atoms with E-state index in [9.17, 15) is 8.42 Å². The van der Waals surface area contributed by atoms with Gasteiger partial charge in [-0.15, -0.1) is 0 Å². The van der Waals surface area contributed by atoms with Crippen LogP contribution < -0.4 is 0 Å². The van der Waals surface area contributed by atoms with Gasteiger partial charge in [0.15, 0.2) is 0 Å². The van der Waals surface area contributed by atoms with Crippen molar-refractivity contribution in [2.75, 3.05) is 36.5 Å². The number of likely N-dealkylation sites (tertiary alicyclic amines) is 1. The summed E-state index contributed by atoms with van der Waals surface area (Å²) in [5, 5.41) is 1.08. The number of alkyl halides is 1. The van der Waals surface area contributed by atoms with E-state index in [1.54, 1.807) is 6.92 Å². The molecule has 1 rings (SSSR count). The van der Waals surface area contributed by atoms with Crippen LogP contribution in [0.25, 0.3) is 0 Å². The smallest absolute Gasteiger partial charge is 0.150 e. The Bertz CT molecular complexity index is 304. The molecular weight excluding hydrogens is 302 g/mol. The predicted molar refractivity (Wildman–Crippen MR) is 76.5 cm³/mol. The minimum absolute atomic E-state index is 0.277. The minimum Gasteiger partial charge on any atom is -0.303 e. The van der Waals surface area contributed by atoms with E-state index in [0.717, 1.165) is 37.3 Å². The van der Waals surface area contributed by atoms with Gasteiger partial charge in [0.25, 0.3) is 0 Å². The summed E-state index contributed by atoms with van der Waals surface area (Å²) >= 11 is 3.50. The number of hydrogen-bond donors (Lipinski definition) is 0. The summed E-state index contributed by atoms with van der Waals surface area (Å²) in [5.41, 5.74) is 0. The lowest BCUT2D eigenvalue weighted by molar-refractivity contribution is 0.173. The molecule has 1 unspecified atom stereocenters. The molecule has 1 atom stereocenters. The number of piperidine rings is 1. The van der Waals surface area contributed by atoms with Crippen LogP contribution in [-0.4, -0.2) is 49.8 Å². The lowest BCUT2D eigenvalue weighted by atomic mass is 9.95. The molecule has 17 heavy (non-hydrogen) atoms.